The standard InChI is InChI=1S/C24H29N5OS/c1-2-18-8-10-21(11-9-18)29-23(20-12-14-25-15-13-20)27-28-24(29)31-17-22(30)26-16-19-6-4-3-5-7-19/h8-15,19H,2-7,16-17H2,1H3,(H,26,30). The highest BCUT2D eigenvalue weighted by molar-refractivity contribution is 7.99. The predicted octanol–water partition coefficient (Wildman–Crippen LogP) is 4.68. The van der Waals surface area contributed by atoms with Crippen molar-refractivity contribution >= 4 is 17.7 Å². The largest absolute Gasteiger partial charge is 0.355 e. The predicted molar refractivity (Wildman–Crippen MR) is 124 cm³/mol. The molecule has 0 spiro atoms. The van der Waals surface area contributed by atoms with Crippen LogP contribution in [0.5, 0.6) is 0 Å². The molecule has 0 atom stereocenters. The summed E-state index contributed by atoms with van der Waals surface area (Å²) in [6, 6.07) is 12.3. The molecule has 4 rings (SSSR count). The fourth-order valence-corrected chi connectivity index (χ4v) is 4.78. The lowest BCUT2D eigenvalue weighted by atomic mass is 9.89. The lowest BCUT2D eigenvalue weighted by molar-refractivity contribution is -0.118. The molecule has 0 saturated heterocycles. The first-order valence-electron chi connectivity index (χ1n) is 11.1. The number of hydrogen-bond acceptors (Lipinski definition) is 5. The van der Waals surface area contributed by atoms with Gasteiger partial charge in [0.05, 0.1) is 5.75 Å². The van der Waals surface area contributed by atoms with Crippen LogP contribution < -0.4 is 5.32 Å². The molecular weight excluding hydrogens is 406 g/mol. The summed E-state index contributed by atoms with van der Waals surface area (Å²) in [5, 5.41) is 12.7. The van der Waals surface area contributed by atoms with Gasteiger partial charge in [-0.05, 0) is 55.0 Å². The number of hydrogen-bond donors (Lipinski definition) is 1. The number of rotatable bonds is 8. The minimum absolute atomic E-state index is 0.0527. The van der Waals surface area contributed by atoms with Crippen LogP contribution in [0.15, 0.2) is 53.9 Å². The summed E-state index contributed by atoms with van der Waals surface area (Å²) >= 11 is 1.42. The summed E-state index contributed by atoms with van der Waals surface area (Å²) < 4.78 is 2.02. The van der Waals surface area contributed by atoms with Gasteiger partial charge in [-0.25, -0.2) is 0 Å². The van der Waals surface area contributed by atoms with E-state index in [1.54, 1.807) is 12.4 Å². The van der Waals surface area contributed by atoms with Crippen molar-refractivity contribution in [2.45, 2.75) is 50.6 Å². The van der Waals surface area contributed by atoms with E-state index in [0.717, 1.165) is 30.0 Å². The lowest BCUT2D eigenvalue weighted by Crippen LogP contribution is -2.31. The molecule has 0 aliphatic heterocycles. The molecule has 1 N–H and O–H groups in total. The molecule has 6 nitrogen and oxygen atoms in total. The first-order chi connectivity index (χ1) is 15.2. The zero-order chi connectivity index (χ0) is 21.5. The van der Waals surface area contributed by atoms with Crippen LogP contribution in [0.3, 0.4) is 0 Å². The molecule has 1 aliphatic rings. The van der Waals surface area contributed by atoms with Gasteiger partial charge in [0, 0.05) is 30.2 Å². The molecule has 31 heavy (non-hydrogen) atoms. The van der Waals surface area contributed by atoms with E-state index in [2.05, 4.69) is 51.7 Å². The Hall–Kier alpha value is -2.67. The van der Waals surface area contributed by atoms with E-state index >= 15 is 0 Å². The van der Waals surface area contributed by atoms with Gasteiger partial charge in [-0.2, -0.15) is 0 Å². The SMILES string of the molecule is CCc1ccc(-n2c(SCC(=O)NCC3CCCCC3)nnc2-c2ccncc2)cc1. The van der Waals surface area contributed by atoms with Crippen molar-refractivity contribution in [3.8, 4) is 17.1 Å². The van der Waals surface area contributed by atoms with Crippen molar-refractivity contribution in [1.29, 1.82) is 0 Å². The van der Waals surface area contributed by atoms with Crippen LogP contribution in [0.25, 0.3) is 17.1 Å². The number of aryl methyl sites for hydroxylation is 1. The van der Waals surface area contributed by atoms with Gasteiger partial charge in [-0.1, -0.05) is 50.1 Å². The van der Waals surface area contributed by atoms with Crippen LogP contribution in [0.2, 0.25) is 0 Å². The van der Waals surface area contributed by atoms with E-state index in [1.807, 2.05) is 16.7 Å². The molecule has 0 unspecified atom stereocenters. The Morgan fingerprint density at radius 3 is 2.52 bits per heavy atom. The van der Waals surface area contributed by atoms with Crippen molar-refractivity contribution in [3.05, 3.63) is 54.4 Å². The van der Waals surface area contributed by atoms with Gasteiger partial charge in [-0.3, -0.25) is 14.3 Å². The van der Waals surface area contributed by atoms with Gasteiger partial charge < -0.3 is 5.32 Å². The van der Waals surface area contributed by atoms with E-state index in [1.165, 1.54) is 49.4 Å². The average Bonchev–Trinajstić information content (AvgIpc) is 3.26. The minimum atomic E-state index is 0.0527. The molecule has 2 aromatic heterocycles. The number of aromatic nitrogens is 4. The molecule has 0 radical (unpaired) electrons. The molecule has 1 saturated carbocycles. The van der Waals surface area contributed by atoms with Crippen LogP contribution in [0.1, 0.15) is 44.6 Å². The monoisotopic (exact) mass is 435 g/mol. The highest BCUT2D eigenvalue weighted by Gasteiger charge is 2.18. The van der Waals surface area contributed by atoms with Crippen LogP contribution >= 0.6 is 11.8 Å². The molecule has 1 aliphatic carbocycles. The molecule has 0 bridgehead atoms. The van der Waals surface area contributed by atoms with Crippen molar-refractivity contribution in [1.82, 2.24) is 25.1 Å². The van der Waals surface area contributed by atoms with Crippen molar-refractivity contribution in [2.75, 3.05) is 12.3 Å². The van der Waals surface area contributed by atoms with E-state index in [9.17, 15) is 4.79 Å². The molecule has 162 valence electrons. The van der Waals surface area contributed by atoms with E-state index in [4.69, 9.17) is 0 Å². The Labute approximate surface area is 187 Å². The Morgan fingerprint density at radius 2 is 1.81 bits per heavy atom. The zero-order valence-electron chi connectivity index (χ0n) is 18.0. The van der Waals surface area contributed by atoms with Gasteiger partial charge >= 0.3 is 0 Å². The van der Waals surface area contributed by atoms with Crippen LogP contribution in [-0.2, 0) is 11.2 Å². The number of nitrogens with one attached hydrogen (secondary N) is 1. The number of pyridine rings is 1. The molecule has 1 fully saturated rings. The second-order valence-corrected chi connectivity index (χ2v) is 8.94. The summed E-state index contributed by atoms with van der Waals surface area (Å²) in [4.78, 5) is 16.6. The number of nitrogens with zero attached hydrogens (tertiary/aromatic N) is 4. The van der Waals surface area contributed by atoms with Crippen LogP contribution in [0, 0.1) is 5.92 Å². The molecular formula is C24H29N5OS. The quantitative estimate of drug-likeness (QED) is 0.520. The maximum Gasteiger partial charge on any atom is 0.230 e. The summed E-state index contributed by atoms with van der Waals surface area (Å²) in [6.07, 6.45) is 10.8. The third-order valence-corrected chi connectivity index (χ3v) is 6.75. The molecule has 1 aromatic carbocycles. The third kappa shape index (κ3) is 5.53. The maximum absolute atomic E-state index is 12.5. The smallest absolute Gasteiger partial charge is 0.230 e. The Balaban J connectivity index is 1.50. The van der Waals surface area contributed by atoms with Gasteiger partial charge in [0.2, 0.25) is 5.91 Å². The highest BCUT2D eigenvalue weighted by Crippen LogP contribution is 2.28. The average molecular weight is 436 g/mol. The number of benzene rings is 1. The van der Waals surface area contributed by atoms with Gasteiger partial charge in [0.15, 0.2) is 11.0 Å². The first-order valence-corrected chi connectivity index (χ1v) is 12.1. The minimum Gasteiger partial charge on any atom is -0.355 e. The number of amides is 1. The molecule has 3 aromatic rings. The van der Waals surface area contributed by atoms with Gasteiger partial charge in [-0.15, -0.1) is 10.2 Å². The normalized spacial score (nSPS) is 14.5. The Bertz CT molecular complexity index is 981. The van der Waals surface area contributed by atoms with Crippen LogP contribution in [-0.4, -0.2) is 38.0 Å². The first kappa shape index (κ1) is 21.6. The van der Waals surface area contributed by atoms with E-state index in [0.29, 0.717) is 16.8 Å². The Kier molecular flexibility index (Phi) is 7.35. The summed E-state index contributed by atoms with van der Waals surface area (Å²) in [7, 11) is 0. The third-order valence-electron chi connectivity index (χ3n) is 5.82. The van der Waals surface area contributed by atoms with Crippen molar-refractivity contribution in [2.24, 2.45) is 5.92 Å². The number of carbonyl (C=O) groups excluding carboxylic acids is 1. The Morgan fingerprint density at radius 1 is 1.06 bits per heavy atom. The number of carbonyl (C=O) groups is 1. The van der Waals surface area contributed by atoms with E-state index in [-0.39, 0.29) is 5.91 Å². The van der Waals surface area contributed by atoms with E-state index < -0.39 is 0 Å². The summed E-state index contributed by atoms with van der Waals surface area (Å²) in [5.74, 6) is 1.75. The molecule has 1 amide bonds. The van der Waals surface area contributed by atoms with Crippen molar-refractivity contribution in [3.63, 3.8) is 0 Å². The summed E-state index contributed by atoms with van der Waals surface area (Å²) in [6.45, 7) is 2.93. The highest BCUT2D eigenvalue weighted by atomic mass is 32.2. The molecule has 7 heteroatoms. The van der Waals surface area contributed by atoms with Gasteiger partial charge in [0.1, 0.15) is 0 Å². The topological polar surface area (TPSA) is 72.7 Å². The fraction of sp³-hybridized carbons (Fsp3) is 0.417. The fourth-order valence-electron chi connectivity index (χ4n) is 4.00. The second kappa shape index (κ2) is 10.6. The lowest BCUT2D eigenvalue weighted by Gasteiger charge is -2.21. The maximum atomic E-state index is 12.5. The van der Waals surface area contributed by atoms with Crippen LogP contribution in [0.4, 0.5) is 0 Å². The number of thioether (sulfide) groups is 1. The zero-order valence-corrected chi connectivity index (χ0v) is 18.8. The van der Waals surface area contributed by atoms with Gasteiger partial charge in [0.25, 0.3) is 0 Å². The molecule has 2 heterocycles. The second-order valence-electron chi connectivity index (χ2n) is 7.99. The summed E-state index contributed by atoms with van der Waals surface area (Å²) in [5.41, 5.74) is 3.20. The van der Waals surface area contributed by atoms with Crippen molar-refractivity contribution < 1.29 is 4.79 Å².